The smallest absolute Gasteiger partial charge is 0.444 e. The van der Waals surface area contributed by atoms with E-state index in [0.717, 1.165) is 4.90 Å². The van der Waals surface area contributed by atoms with Crippen LogP contribution in [0.3, 0.4) is 0 Å². The van der Waals surface area contributed by atoms with Crippen LogP contribution in [-0.4, -0.2) is 48.1 Å². The molecule has 20 heavy (non-hydrogen) atoms. The van der Waals surface area contributed by atoms with Crippen LogP contribution in [0, 0.1) is 0 Å². The summed E-state index contributed by atoms with van der Waals surface area (Å²) in [5, 5.41) is 0. The number of hydrogen-bond donors (Lipinski definition) is 0. The molecule has 1 fully saturated rings. The molecule has 1 aliphatic heterocycles. The molecule has 0 bridgehead atoms. The highest BCUT2D eigenvalue weighted by Crippen LogP contribution is 2.38. The zero-order valence-corrected chi connectivity index (χ0v) is 11.3. The topological polar surface area (TPSA) is 38.8 Å². The maximum atomic E-state index is 12.7. The Balaban J connectivity index is 2.54. The van der Waals surface area contributed by atoms with Crippen molar-refractivity contribution in [2.24, 2.45) is 0 Å². The fourth-order valence-corrected chi connectivity index (χ4v) is 1.59. The number of carbonyl (C=O) groups is 1. The molecule has 1 amide bonds. The van der Waals surface area contributed by atoms with Crippen molar-refractivity contribution in [2.75, 3.05) is 13.1 Å². The lowest BCUT2D eigenvalue weighted by atomic mass is 10.2. The van der Waals surface area contributed by atoms with Crippen LogP contribution < -0.4 is 0 Å². The molecule has 1 rings (SSSR count). The Morgan fingerprint density at radius 2 is 1.70 bits per heavy atom. The van der Waals surface area contributed by atoms with Crippen LogP contribution >= 0.6 is 0 Å². The van der Waals surface area contributed by atoms with Crippen LogP contribution in [0.15, 0.2) is 0 Å². The summed E-state index contributed by atoms with van der Waals surface area (Å²) < 4.78 is 70.1. The Kier molecular flexibility index (Phi) is 4.52. The fourth-order valence-electron chi connectivity index (χ4n) is 1.59. The molecule has 118 valence electrons. The Labute approximate surface area is 112 Å². The molecule has 4 nitrogen and oxygen atoms in total. The van der Waals surface area contributed by atoms with Gasteiger partial charge in [-0.3, -0.25) is 0 Å². The largest absolute Gasteiger partial charge is 0.482 e. The van der Waals surface area contributed by atoms with E-state index in [2.05, 4.69) is 4.74 Å². The van der Waals surface area contributed by atoms with E-state index in [0.29, 0.717) is 0 Å². The standard InChI is InChI=1S/C11H16F5NO3/c1-9(2,3)20-8(18)17-5-4-7(6-17)19-11(15,16)10(12,13)14/h7H,4-6H2,1-3H3. The molecule has 0 aromatic carbocycles. The lowest BCUT2D eigenvalue weighted by molar-refractivity contribution is -0.400. The predicted octanol–water partition coefficient (Wildman–Crippen LogP) is 3.17. The van der Waals surface area contributed by atoms with Crippen LogP contribution in [0.5, 0.6) is 0 Å². The number of ether oxygens (including phenoxy) is 2. The molecule has 0 aromatic rings. The van der Waals surface area contributed by atoms with Crippen molar-refractivity contribution >= 4 is 6.09 Å². The van der Waals surface area contributed by atoms with E-state index in [4.69, 9.17) is 4.74 Å². The van der Waals surface area contributed by atoms with Gasteiger partial charge >= 0.3 is 18.4 Å². The molecule has 0 aliphatic carbocycles. The van der Waals surface area contributed by atoms with Gasteiger partial charge in [0.1, 0.15) is 5.60 Å². The van der Waals surface area contributed by atoms with Crippen LogP contribution in [0.2, 0.25) is 0 Å². The quantitative estimate of drug-likeness (QED) is 0.736. The second-order valence-corrected chi connectivity index (χ2v) is 5.47. The highest BCUT2D eigenvalue weighted by atomic mass is 19.4. The second-order valence-electron chi connectivity index (χ2n) is 5.47. The van der Waals surface area contributed by atoms with E-state index in [1.165, 1.54) is 0 Å². The van der Waals surface area contributed by atoms with E-state index in [1.54, 1.807) is 20.8 Å². The van der Waals surface area contributed by atoms with Crippen molar-refractivity contribution in [1.29, 1.82) is 0 Å². The third-order valence-electron chi connectivity index (χ3n) is 2.44. The maximum Gasteiger partial charge on any atom is 0.482 e. The first-order valence-corrected chi connectivity index (χ1v) is 5.92. The van der Waals surface area contributed by atoms with E-state index < -0.39 is 30.1 Å². The van der Waals surface area contributed by atoms with Crippen LogP contribution in [0.1, 0.15) is 27.2 Å². The Hall–Kier alpha value is -1.12. The van der Waals surface area contributed by atoms with Crippen LogP contribution in [0.4, 0.5) is 26.7 Å². The zero-order chi connectivity index (χ0) is 15.8. The van der Waals surface area contributed by atoms with Gasteiger partial charge in [-0.15, -0.1) is 0 Å². The summed E-state index contributed by atoms with van der Waals surface area (Å²) in [6, 6.07) is 0. The Morgan fingerprint density at radius 1 is 1.15 bits per heavy atom. The van der Waals surface area contributed by atoms with Crippen molar-refractivity contribution < 1.29 is 36.2 Å². The molecule has 1 unspecified atom stereocenters. The number of carbonyl (C=O) groups excluding carboxylic acids is 1. The van der Waals surface area contributed by atoms with Gasteiger partial charge in [-0.05, 0) is 27.2 Å². The van der Waals surface area contributed by atoms with Crippen molar-refractivity contribution in [2.45, 2.75) is 51.2 Å². The first-order valence-electron chi connectivity index (χ1n) is 5.92. The van der Waals surface area contributed by atoms with Crippen molar-refractivity contribution in [3.63, 3.8) is 0 Å². The summed E-state index contributed by atoms with van der Waals surface area (Å²) in [7, 11) is 0. The third kappa shape index (κ3) is 4.46. The van der Waals surface area contributed by atoms with Crippen molar-refractivity contribution in [3.05, 3.63) is 0 Å². The molecule has 0 N–H and O–H groups in total. The van der Waals surface area contributed by atoms with E-state index >= 15 is 0 Å². The molecule has 1 aliphatic rings. The van der Waals surface area contributed by atoms with Gasteiger partial charge in [0, 0.05) is 6.54 Å². The van der Waals surface area contributed by atoms with Gasteiger partial charge in [0.25, 0.3) is 0 Å². The van der Waals surface area contributed by atoms with Gasteiger partial charge < -0.3 is 14.4 Å². The number of likely N-dealkylation sites (tertiary alicyclic amines) is 1. The van der Waals surface area contributed by atoms with Gasteiger partial charge in [0.2, 0.25) is 0 Å². The van der Waals surface area contributed by atoms with Gasteiger partial charge in [-0.25, -0.2) is 4.79 Å². The summed E-state index contributed by atoms with van der Waals surface area (Å²) in [4.78, 5) is 12.7. The molecule has 0 saturated carbocycles. The molecule has 9 heteroatoms. The molecule has 0 aromatic heterocycles. The normalized spacial score (nSPS) is 21.2. The SMILES string of the molecule is CC(C)(C)OC(=O)N1CCC(OC(F)(F)C(F)(F)F)C1. The summed E-state index contributed by atoms with van der Waals surface area (Å²) >= 11 is 0. The van der Waals surface area contributed by atoms with E-state index in [-0.39, 0.29) is 19.5 Å². The van der Waals surface area contributed by atoms with E-state index in [1.807, 2.05) is 0 Å². The Morgan fingerprint density at radius 3 is 2.15 bits per heavy atom. The number of halogens is 5. The first kappa shape index (κ1) is 16.9. The minimum absolute atomic E-state index is 0.00746. The molecular formula is C11H16F5NO3. The number of amides is 1. The van der Waals surface area contributed by atoms with Gasteiger partial charge in [-0.1, -0.05) is 0 Å². The number of rotatable bonds is 2. The Bertz CT molecular complexity index is 364. The number of hydrogen-bond acceptors (Lipinski definition) is 3. The molecule has 1 atom stereocenters. The third-order valence-corrected chi connectivity index (χ3v) is 2.44. The first-order chi connectivity index (χ1) is 8.82. The monoisotopic (exact) mass is 305 g/mol. The van der Waals surface area contributed by atoms with Crippen molar-refractivity contribution in [1.82, 2.24) is 4.90 Å². The summed E-state index contributed by atoms with van der Waals surface area (Å²) in [6.07, 6.45) is -13.2. The highest BCUT2D eigenvalue weighted by molar-refractivity contribution is 5.68. The average molecular weight is 305 g/mol. The van der Waals surface area contributed by atoms with Gasteiger partial charge in [0.15, 0.2) is 0 Å². The fraction of sp³-hybridized carbons (Fsp3) is 0.909. The minimum Gasteiger partial charge on any atom is -0.444 e. The van der Waals surface area contributed by atoms with Crippen LogP contribution in [0.25, 0.3) is 0 Å². The number of alkyl halides is 5. The lowest BCUT2D eigenvalue weighted by Crippen LogP contribution is -2.43. The predicted molar refractivity (Wildman–Crippen MR) is 58.3 cm³/mol. The molecule has 0 spiro atoms. The van der Waals surface area contributed by atoms with Gasteiger partial charge in [-0.2, -0.15) is 22.0 Å². The highest BCUT2D eigenvalue weighted by Gasteiger charge is 2.61. The minimum atomic E-state index is -5.77. The molecule has 0 radical (unpaired) electrons. The second kappa shape index (κ2) is 5.34. The van der Waals surface area contributed by atoms with Crippen LogP contribution in [-0.2, 0) is 9.47 Å². The van der Waals surface area contributed by atoms with Crippen molar-refractivity contribution in [3.8, 4) is 0 Å². The lowest BCUT2D eigenvalue weighted by Gasteiger charge is -2.25. The molecular weight excluding hydrogens is 289 g/mol. The molecule has 1 heterocycles. The van der Waals surface area contributed by atoms with Gasteiger partial charge in [0.05, 0.1) is 12.6 Å². The average Bonchev–Trinajstić information content (AvgIpc) is 2.60. The number of nitrogens with zero attached hydrogens (tertiary/aromatic N) is 1. The maximum absolute atomic E-state index is 12.7. The van der Waals surface area contributed by atoms with E-state index in [9.17, 15) is 26.7 Å². The molecule has 1 saturated heterocycles. The summed E-state index contributed by atoms with van der Waals surface area (Å²) in [6.45, 7) is 4.50. The summed E-state index contributed by atoms with van der Waals surface area (Å²) in [5.74, 6) is 0. The zero-order valence-electron chi connectivity index (χ0n) is 11.3. The summed E-state index contributed by atoms with van der Waals surface area (Å²) in [5.41, 5.74) is -0.772.